The molecule has 1 aromatic heterocycles. The maximum Gasteiger partial charge on any atom is 0.287 e. The molecule has 0 aliphatic heterocycles. The number of ether oxygens (including phenoxy) is 2. The van der Waals surface area contributed by atoms with Crippen molar-refractivity contribution < 1.29 is 18.7 Å². The van der Waals surface area contributed by atoms with E-state index in [1.54, 1.807) is 26.4 Å². The third-order valence-corrected chi connectivity index (χ3v) is 3.78. The molecule has 5 heteroatoms. The van der Waals surface area contributed by atoms with E-state index in [9.17, 15) is 4.79 Å². The van der Waals surface area contributed by atoms with Gasteiger partial charge in [0.2, 0.25) is 0 Å². The zero-order valence-electron chi connectivity index (χ0n) is 12.0. The van der Waals surface area contributed by atoms with Crippen LogP contribution in [0.5, 0.6) is 11.5 Å². The third-order valence-electron chi connectivity index (χ3n) is 3.78. The molecule has 0 atom stereocenters. The number of nitrogens with one attached hydrogen (secondary N) is 1. The Morgan fingerprint density at radius 3 is 2.52 bits per heavy atom. The number of hydrogen-bond donors (Lipinski definition) is 1. The van der Waals surface area contributed by atoms with Crippen LogP contribution in [0.15, 0.2) is 41.0 Å². The minimum Gasteiger partial charge on any atom is -0.493 e. The summed E-state index contributed by atoms with van der Waals surface area (Å²) in [7, 11) is 3.20. The number of carbonyl (C=O) groups is 1. The first-order valence-electron chi connectivity index (χ1n) is 6.77. The second-order valence-electron chi connectivity index (χ2n) is 5.08. The molecule has 1 aliphatic rings. The highest BCUT2D eigenvalue weighted by Crippen LogP contribution is 2.47. The van der Waals surface area contributed by atoms with E-state index in [4.69, 9.17) is 13.9 Å². The second-order valence-corrected chi connectivity index (χ2v) is 5.08. The van der Waals surface area contributed by atoms with Crippen LogP contribution in [0.4, 0.5) is 0 Å². The lowest BCUT2D eigenvalue weighted by molar-refractivity contribution is 0.0902. The molecular weight excluding hydrogens is 270 g/mol. The molecule has 1 aliphatic carbocycles. The first-order valence-corrected chi connectivity index (χ1v) is 6.77. The number of carbonyl (C=O) groups excluding carboxylic acids is 1. The highest BCUT2D eigenvalue weighted by molar-refractivity contribution is 5.92. The van der Waals surface area contributed by atoms with Gasteiger partial charge in [0.15, 0.2) is 17.3 Å². The van der Waals surface area contributed by atoms with Gasteiger partial charge in [0.1, 0.15) is 0 Å². The first-order chi connectivity index (χ1) is 10.2. The molecule has 1 heterocycles. The van der Waals surface area contributed by atoms with E-state index in [1.807, 2.05) is 18.2 Å². The predicted molar refractivity (Wildman–Crippen MR) is 76.6 cm³/mol. The van der Waals surface area contributed by atoms with E-state index in [0.29, 0.717) is 17.3 Å². The minimum atomic E-state index is -0.330. The fraction of sp³-hybridized carbons (Fsp3) is 0.312. The van der Waals surface area contributed by atoms with Gasteiger partial charge in [-0.15, -0.1) is 0 Å². The van der Waals surface area contributed by atoms with Crippen molar-refractivity contribution in [3.8, 4) is 11.5 Å². The van der Waals surface area contributed by atoms with Gasteiger partial charge in [-0.05, 0) is 42.7 Å². The van der Waals surface area contributed by atoms with E-state index in [0.717, 1.165) is 18.4 Å². The lowest BCUT2D eigenvalue weighted by atomic mass is 10.0. The lowest BCUT2D eigenvalue weighted by Gasteiger charge is -2.19. The summed E-state index contributed by atoms with van der Waals surface area (Å²) in [6.07, 6.45) is 3.29. The molecule has 1 saturated carbocycles. The largest absolute Gasteiger partial charge is 0.493 e. The molecule has 5 nitrogen and oxygen atoms in total. The van der Waals surface area contributed by atoms with E-state index < -0.39 is 0 Å². The number of methoxy groups -OCH3 is 2. The smallest absolute Gasteiger partial charge is 0.287 e. The summed E-state index contributed by atoms with van der Waals surface area (Å²) in [5, 5.41) is 3.05. The molecule has 0 saturated heterocycles. The van der Waals surface area contributed by atoms with Gasteiger partial charge >= 0.3 is 0 Å². The average molecular weight is 287 g/mol. The highest BCUT2D eigenvalue weighted by atomic mass is 16.5. The Bertz CT molecular complexity index is 644. The Morgan fingerprint density at radius 2 is 1.95 bits per heavy atom. The molecule has 110 valence electrons. The molecule has 0 spiro atoms. The van der Waals surface area contributed by atoms with Crippen molar-refractivity contribution in [1.29, 1.82) is 0 Å². The van der Waals surface area contributed by atoms with Gasteiger partial charge in [-0.25, -0.2) is 0 Å². The van der Waals surface area contributed by atoms with Gasteiger partial charge < -0.3 is 19.2 Å². The molecular formula is C16H17NO4. The predicted octanol–water partition coefficient (Wildman–Crippen LogP) is 2.72. The molecule has 1 amide bonds. The van der Waals surface area contributed by atoms with Gasteiger partial charge in [0, 0.05) is 0 Å². The van der Waals surface area contributed by atoms with Gasteiger partial charge in [-0.1, -0.05) is 6.07 Å². The van der Waals surface area contributed by atoms with Crippen molar-refractivity contribution in [3.63, 3.8) is 0 Å². The lowest BCUT2D eigenvalue weighted by Crippen LogP contribution is -2.34. The summed E-state index contributed by atoms with van der Waals surface area (Å²) in [4.78, 5) is 12.2. The Balaban J connectivity index is 1.84. The average Bonchev–Trinajstić information content (AvgIpc) is 3.08. The van der Waals surface area contributed by atoms with Crippen LogP contribution in [-0.4, -0.2) is 20.1 Å². The fourth-order valence-electron chi connectivity index (χ4n) is 2.43. The number of rotatable bonds is 5. The van der Waals surface area contributed by atoms with Gasteiger partial charge in [0.05, 0.1) is 26.0 Å². The molecule has 1 fully saturated rings. The zero-order chi connectivity index (χ0) is 14.9. The number of hydrogen-bond acceptors (Lipinski definition) is 4. The summed E-state index contributed by atoms with van der Waals surface area (Å²) in [5.41, 5.74) is 0.684. The van der Waals surface area contributed by atoms with Gasteiger partial charge in [-0.3, -0.25) is 4.79 Å². The van der Waals surface area contributed by atoms with E-state index in [2.05, 4.69) is 5.32 Å². The van der Waals surface area contributed by atoms with Crippen LogP contribution < -0.4 is 14.8 Å². The van der Waals surface area contributed by atoms with Crippen LogP contribution in [0.3, 0.4) is 0 Å². The van der Waals surface area contributed by atoms with Crippen LogP contribution in [0.1, 0.15) is 29.0 Å². The minimum absolute atomic E-state index is 0.202. The van der Waals surface area contributed by atoms with Crippen molar-refractivity contribution in [2.24, 2.45) is 0 Å². The summed E-state index contributed by atoms with van der Waals surface area (Å²) >= 11 is 0. The van der Waals surface area contributed by atoms with Crippen molar-refractivity contribution in [3.05, 3.63) is 47.9 Å². The van der Waals surface area contributed by atoms with Crippen molar-refractivity contribution in [1.82, 2.24) is 5.32 Å². The van der Waals surface area contributed by atoms with E-state index in [1.165, 1.54) is 6.26 Å². The second kappa shape index (κ2) is 5.16. The Kier molecular flexibility index (Phi) is 3.33. The van der Waals surface area contributed by atoms with Crippen LogP contribution in [0.2, 0.25) is 0 Å². The molecule has 3 rings (SSSR count). The topological polar surface area (TPSA) is 60.7 Å². The number of amides is 1. The summed E-state index contributed by atoms with van der Waals surface area (Å²) in [6, 6.07) is 9.07. The highest BCUT2D eigenvalue weighted by Gasteiger charge is 2.46. The van der Waals surface area contributed by atoms with Crippen LogP contribution in [-0.2, 0) is 5.54 Å². The molecule has 2 aromatic rings. The molecule has 0 bridgehead atoms. The normalized spacial score (nSPS) is 15.3. The Morgan fingerprint density at radius 1 is 1.19 bits per heavy atom. The standard InChI is InChI=1S/C16H17NO4/c1-19-12-6-5-11(10-14(12)20-2)16(7-8-16)17-15(18)13-4-3-9-21-13/h3-6,9-10H,7-8H2,1-2H3,(H,17,18). The SMILES string of the molecule is COc1ccc(C2(NC(=O)c3ccco3)CC2)cc1OC. The van der Waals surface area contributed by atoms with Crippen molar-refractivity contribution in [2.45, 2.75) is 18.4 Å². The third kappa shape index (κ3) is 2.46. The quantitative estimate of drug-likeness (QED) is 0.918. The van der Waals surface area contributed by atoms with Gasteiger partial charge in [-0.2, -0.15) is 0 Å². The number of furan rings is 1. The maximum atomic E-state index is 12.2. The van der Waals surface area contributed by atoms with E-state index >= 15 is 0 Å². The van der Waals surface area contributed by atoms with Crippen LogP contribution >= 0.6 is 0 Å². The molecule has 0 radical (unpaired) electrons. The van der Waals surface area contributed by atoms with Crippen molar-refractivity contribution in [2.75, 3.05) is 14.2 Å². The van der Waals surface area contributed by atoms with Crippen LogP contribution in [0.25, 0.3) is 0 Å². The summed E-state index contributed by atoms with van der Waals surface area (Å²) < 4.78 is 15.7. The fourth-order valence-corrected chi connectivity index (χ4v) is 2.43. The first kappa shape index (κ1) is 13.5. The monoisotopic (exact) mass is 287 g/mol. The zero-order valence-corrected chi connectivity index (χ0v) is 12.0. The number of benzene rings is 1. The van der Waals surface area contributed by atoms with E-state index in [-0.39, 0.29) is 11.4 Å². The molecule has 21 heavy (non-hydrogen) atoms. The summed E-state index contributed by atoms with van der Waals surface area (Å²) in [5.74, 6) is 1.46. The summed E-state index contributed by atoms with van der Waals surface area (Å²) in [6.45, 7) is 0. The maximum absolute atomic E-state index is 12.2. The van der Waals surface area contributed by atoms with Crippen LogP contribution in [0, 0.1) is 0 Å². The Hall–Kier alpha value is -2.43. The molecule has 1 N–H and O–H groups in total. The Labute approximate surface area is 122 Å². The molecule has 1 aromatic carbocycles. The van der Waals surface area contributed by atoms with Crippen molar-refractivity contribution >= 4 is 5.91 Å². The molecule has 0 unspecified atom stereocenters. The van der Waals surface area contributed by atoms with Gasteiger partial charge in [0.25, 0.3) is 5.91 Å².